The van der Waals surface area contributed by atoms with Crippen LogP contribution in [0.5, 0.6) is 0 Å². The van der Waals surface area contributed by atoms with E-state index in [0.717, 1.165) is 17.0 Å². The average molecular weight is 380 g/mol. The molecule has 0 radical (unpaired) electrons. The van der Waals surface area contributed by atoms with Crippen LogP contribution in [0.3, 0.4) is 0 Å². The third kappa shape index (κ3) is 2.59. The molecule has 0 aromatic carbocycles. The molecule has 2 fully saturated rings. The van der Waals surface area contributed by atoms with Gasteiger partial charge in [-0.2, -0.15) is 0 Å². The van der Waals surface area contributed by atoms with E-state index in [2.05, 4.69) is 15.3 Å². The van der Waals surface area contributed by atoms with Gasteiger partial charge in [0.25, 0.3) is 0 Å². The van der Waals surface area contributed by atoms with Crippen LogP contribution >= 0.6 is 11.3 Å². The summed E-state index contributed by atoms with van der Waals surface area (Å²) in [5, 5.41) is 4.90. The molecule has 1 saturated heterocycles. The van der Waals surface area contributed by atoms with Gasteiger partial charge in [0.05, 0.1) is 17.5 Å². The van der Waals surface area contributed by atoms with Crippen molar-refractivity contribution >= 4 is 34.2 Å². The standard InChI is InChI=1S/C19H16N4O3S/c24-14(22-19-21-13(9-27-19)12-3-1-2-6-20-12)8-23-17(25)15-10-4-5-11(7-10)16(15)18(23)26/h1-6,9-11,15-16H,7-8H2,(H,21,22,24)/t10-,11-,15+,16+/m0/s1. The fourth-order valence-electron chi connectivity index (χ4n) is 4.39. The highest BCUT2D eigenvalue weighted by atomic mass is 32.1. The first-order chi connectivity index (χ1) is 13.1. The smallest absolute Gasteiger partial charge is 0.246 e. The molecule has 2 aromatic rings. The summed E-state index contributed by atoms with van der Waals surface area (Å²) in [6, 6.07) is 5.52. The van der Waals surface area contributed by atoms with E-state index >= 15 is 0 Å². The Bertz CT molecular complexity index is 940. The Labute approximate surface area is 159 Å². The number of nitrogens with one attached hydrogen (secondary N) is 1. The summed E-state index contributed by atoms with van der Waals surface area (Å²) < 4.78 is 0. The second-order valence-corrected chi connectivity index (χ2v) is 7.92. The van der Waals surface area contributed by atoms with E-state index in [1.165, 1.54) is 11.3 Å². The lowest BCUT2D eigenvalue weighted by Crippen LogP contribution is -2.39. The Morgan fingerprint density at radius 2 is 1.89 bits per heavy atom. The Morgan fingerprint density at radius 3 is 2.56 bits per heavy atom. The maximum Gasteiger partial charge on any atom is 0.246 e. The van der Waals surface area contributed by atoms with E-state index in [-0.39, 0.29) is 42.0 Å². The van der Waals surface area contributed by atoms with Gasteiger partial charge in [-0.05, 0) is 30.4 Å². The molecule has 1 saturated carbocycles. The van der Waals surface area contributed by atoms with Crippen molar-refractivity contribution < 1.29 is 14.4 Å². The second-order valence-electron chi connectivity index (χ2n) is 7.06. The van der Waals surface area contributed by atoms with Gasteiger partial charge in [0.1, 0.15) is 12.2 Å². The third-order valence-corrected chi connectivity index (χ3v) is 6.30. The number of carbonyl (C=O) groups is 3. The van der Waals surface area contributed by atoms with Gasteiger partial charge in [0.15, 0.2) is 5.13 Å². The number of allylic oxidation sites excluding steroid dienone is 2. The van der Waals surface area contributed by atoms with Gasteiger partial charge in [0.2, 0.25) is 17.7 Å². The lowest BCUT2D eigenvalue weighted by molar-refractivity contribution is -0.143. The van der Waals surface area contributed by atoms with Crippen molar-refractivity contribution in [3.05, 3.63) is 41.9 Å². The van der Waals surface area contributed by atoms with Crippen molar-refractivity contribution in [2.45, 2.75) is 6.42 Å². The zero-order chi connectivity index (χ0) is 18.5. The van der Waals surface area contributed by atoms with E-state index in [1.807, 2.05) is 30.4 Å². The molecule has 0 unspecified atom stereocenters. The number of nitrogens with zero attached hydrogens (tertiary/aromatic N) is 3. The monoisotopic (exact) mass is 380 g/mol. The number of aromatic nitrogens is 2. The zero-order valence-electron chi connectivity index (χ0n) is 14.2. The van der Waals surface area contributed by atoms with Gasteiger partial charge in [-0.15, -0.1) is 11.3 Å². The van der Waals surface area contributed by atoms with Gasteiger partial charge in [-0.3, -0.25) is 24.3 Å². The summed E-state index contributed by atoms with van der Waals surface area (Å²) in [5.74, 6) is -1.13. The van der Waals surface area contributed by atoms with E-state index in [0.29, 0.717) is 10.8 Å². The normalized spacial score (nSPS) is 28.1. The van der Waals surface area contributed by atoms with Crippen molar-refractivity contribution in [1.29, 1.82) is 0 Å². The highest BCUT2D eigenvalue weighted by Crippen LogP contribution is 2.52. The molecular formula is C19H16N4O3S. The van der Waals surface area contributed by atoms with Gasteiger partial charge < -0.3 is 5.32 Å². The molecule has 7 nitrogen and oxygen atoms in total. The molecule has 0 spiro atoms. The maximum atomic E-state index is 12.6. The molecule has 1 N–H and O–H groups in total. The highest BCUT2D eigenvalue weighted by molar-refractivity contribution is 7.14. The van der Waals surface area contributed by atoms with Gasteiger partial charge >= 0.3 is 0 Å². The van der Waals surface area contributed by atoms with E-state index in [4.69, 9.17) is 0 Å². The fraction of sp³-hybridized carbons (Fsp3) is 0.316. The molecule has 3 aliphatic rings. The Balaban J connectivity index is 1.26. The number of anilines is 1. The molecule has 2 aliphatic carbocycles. The summed E-state index contributed by atoms with van der Waals surface area (Å²) in [5.41, 5.74) is 1.39. The maximum absolute atomic E-state index is 12.6. The van der Waals surface area contributed by atoms with Gasteiger partial charge in [-0.1, -0.05) is 18.2 Å². The number of hydrogen-bond donors (Lipinski definition) is 1. The molecule has 1 aliphatic heterocycles. The molecule has 3 heterocycles. The fourth-order valence-corrected chi connectivity index (χ4v) is 5.11. The number of amides is 3. The predicted octanol–water partition coefficient (Wildman–Crippen LogP) is 1.95. The lowest BCUT2D eigenvalue weighted by atomic mass is 9.85. The van der Waals surface area contributed by atoms with Crippen molar-refractivity contribution in [2.24, 2.45) is 23.7 Å². The van der Waals surface area contributed by atoms with Crippen LogP contribution in [0.1, 0.15) is 6.42 Å². The molecule has 8 heteroatoms. The minimum absolute atomic E-state index is 0.143. The van der Waals surface area contributed by atoms with Crippen molar-refractivity contribution in [2.75, 3.05) is 11.9 Å². The number of pyridine rings is 1. The van der Waals surface area contributed by atoms with Gasteiger partial charge in [-0.25, -0.2) is 4.98 Å². The summed E-state index contributed by atoms with van der Waals surface area (Å²) in [4.78, 5) is 47.3. The van der Waals surface area contributed by atoms with Crippen LogP contribution in [-0.2, 0) is 14.4 Å². The summed E-state index contributed by atoms with van der Waals surface area (Å²) in [6.07, 6.45) is 6.63. The van der Waals surface area contributed by atoms with Crippen molar-refractivity contribution in [3.8, 4) is 11.4 Å². The van der Waals surface area contributed by atoms with Crippen LogP contribution in [0.2, 0.25) is 0 Å². The Kier molecular flexibility index (Phi) is 3.68. The lowest BCUT2D eigenvalue weighted by Gasteiger charge is -2.16. The number of rotatable bonds is 4. The largest absolute Gasteiger partial charge is 0.300 e. The molecular weight excluding hydrogens is 364 g/mol. The Hall–Kier alpha value is -2.87. The third-order valence-electron chi connectivity index (χ3n) is 5.54. The SMILES string of the molecule is O=C(CN1C(=O)[C@H]2[C@H](C1=O)[C@H]1C=C[C@H]2C1)Nc1nc(-c2ccccn2)cs1. The number of thiazole rings is 1. The predicted molar refractivity (Wildman–Crippen MR) is 98.4 cm³/mol. The molecule has 136 valence electrons. The average Bonchev–Trinajstić information content (AvgIpc) is 3.44. The summed E-state index contributed by atoms with van der Waals surface area (Å²) in [6.45, 7) is -0.261. The van der Waals surface area contributed by atoms with Gasteiger partial charge in [0, 0.05) is 11.6 Å². The van der Waals surface area contributed by atoms with Crippen molar-refractivity contribution in [3.63, 3.8) is 0 Å². The molecule has 2 bridgehead atoms. The van der Waals surface area contributed by atoms with Crippen LogP contribution in [0, 0.1) is 23.7 Å². The Morgan fingerprint density at radius 1 is 1.15 bits per heavy atom. The molecule has 27 heavy (non-hydrogen) atoms. The topological polar surface area (TPSA) is 92.3 Å². The van der Waals surface area contributed by atoms with Crippen LogP contribution in [-0.4, -0.2) is 39.1 Å². The number of fused-ring (bicyclic) bond motifs is 5. The second kappa shape index (κ2) is 6.09. The molecule has 4 atom stereocenters. The first-order valence-electron chi connectivity index (χ1n) is 8.82. The zero-order valence-corrected chi connectivity index (χ0v) is 15.1. The van der Waals surface area contributed by atoms with Crippen LogP contribution in [0.15, 0.2) is 41.9 Å². The summed E-state index contributed by atoms with van der Waals surface area (Å²) in [7, 11) is 0. The van der Waals surface area contributed by atoms with Crippen LogP contribution in [0.4, 0.5) is 5.13 Å². The number of likely N-dealkylation sites (tertiary alicyclic amines) is 1. The van der Waals surface area contributed by atoms with E-state index in [9.17, 15) is 14.4 Å². The van der Waals surface area contributed by atoms with E-state index in [1.54, 1.807) is 11.6 Å². The number of carbonyl (C=O) groups excluding carboxylic acids is 3. The minimum Gasteiger partial charge on any atom is -0.300 e. The molecule has 2 aromatic heterocycles. The first kappa shape index (κ1) is 16.3. The summed E-state index contributed by atoms with van der Waals surface area (Å²) >= 11 is 1.28. The molecule has 5 rings (SSSR count). The number of hydrogen-bond acceptors (Lipinski definition) is 6. The van der Waals surface area contributed by atoms with E-state index < -0.39 is 5.91 Å². The van der Waals surface area contributed by atoms with Crippen LogP contribution in [0.25, 0.3) is 11.4 Å². The van der Waals surface area contributed by atoms with Crippen LogP contribution < -0.4 is 5.32 Å². The highest BCUT2D eigenvalue weighted by Gasteiger charge is 2.59. The first-order valence-corrected chi connectivity index (χ1v) is 9.70. The number of imide groups is 1. The minimum atomic E-state index is -0.418. The van der Waals surface area contributed by atoms with Crippen molar-refractivity contribution in [1.82, 2.24) is 14.9 Å². The quantitative estimate of drug-likeness (QED) is 0.647. The molecule has 3 amide bonds.